The fraction of sp³-hybridized carbons (Fsp3) is 1.00. The highest BCUT2D eigenvalue weighted by atomic mass is 16.5. The van der Waals surface area contributed by atoms with Crippen LogP contribution in [0.2, 0.25) is 0 Å². The lowest BCUT2D eigenvalue weighted by Crippen LogP contribution is -2.43. The third-order valence-electron chi connectivity index (χ3n) is 3.88. The Labute approximate surface area is 98.6 Å². The number of ether oxygens (including phenoxy) is 1. The maximum absolute atomic E-state index is 9.81. The van der Waals surface area contributed by atoms with Gasteiger partial charge >= 0.3 is 0 Å². The fourth-order valence-corrected chi connectivity index (χ4v) is 2.81. The van der Waals surface area contributed by atoms with E-state index in [2.05, 4.69) is 5.32 Å². The molecule has 3 atom stereocenters. The molecule has 1 saturated carbocycles. The first-order valence-corrected chi connectivity index (χ1v) is 6.89. The Morgan fingerprint density at radius 2 is 1.88 bits per heavy atom. The summed E-state index contributed by atoms with van der Waals surface area (Å²) in [5.74, 6) is 0. The van der Waals surface area contributed by atoms with Gasteiger partial charge in [0.1, 0.15) is 0 Å². The molecule has 0 bridgehead atoms. The molecule has 1 aliphatic carbocycles. The third-order valence-corrected chi connectivity index (χ3v) is 3.88. The van der Waals surface area contributed by atoms with E-state index in [1.165, 1.54) is 32.1 Å². The molecule has 0 aromatic rings. The number of rotatable bonds is 4. The van der Waals surface area contributed by atoms with Gasteiger partial charge in [0.05, 0.1) is 12.2 Å². The molecule has 1 saturated heterocycles. The van der Waals surface area contributed by atoms with Gasteiger partial charge in [0.15, 0.2) is 0 Å². The molecule has 0 aromatic carbocycles. The van der Waals surface area contributed by atoms with Crippen LogP contribution >= 0.6 is 0 Å². The number of nitrogens with one attached hydrogen (secondary N) is 1. The number of hydrogen-bond acceptors (Lipinski definition) is 3. The van der Waals surface area contributed by atoms with Gasteiger partial charge in [0.25, 0.3) is 0 Å². The van der Waals surface area contributed by atoms with E-state index in [1.807, 2.05) is 0 Å². The quantitative estimate of drug-likeness (QED) is 0.770. The zero-order valence-electron chi connectivity index (χ0n) is 10.2. The van der Waals surface area contributed by atoms with Gasteiger partial charge in [-0.1, -0.05) is 12.8 Å². The van der Waals surface area contributed by atoms with E-state index in [1.54, 1.807) is 0 Å². The molecule has 3 heteroatoms. The van der Waals surface area contributed by atoms with Crippen LogP contribution in [0.4, 0.5) is 0 Å². The third kappa shape index (κ3) is 3.72. The summed E-state index contributed by atoms with van der Waals surface area (Å²) in [6.07, 6.45) is 9.74. The van der Waals surface area contributed by atoms with Crippen molar-refractivity contribution in [3.63, 3.8) is 0 Å². The van der Waals surface area contributed by atoms with Crippen LogP contribution < -0.4 is 5.32 Å². The van der Waals surface area contributed by atoms with Gasteiger partial charge in [-0.3, -0.25) is 0 Å². The predicted molar refractivity (Wildman–Crippen MR) is 64.5 cm³/mol. The zero-order chi connectivity index (χ0) is 11.2. The topological polar surface area (TPSA) is 41.5 Å². The number of hydrogen-bond donors (Lipinski definition) is 2. The van der Waals surface area contributed by atoms with Gasteiger partial charge in [-0.05, 0) is 45.1 Å². The van der Waals surface area contributed by atoms with Crippen molar-refractivity contribution in [3.8, 4) is 0 Å². The first-order chi connectivity index (χ1) is 7.86. The normalized spacial score (nSPS) is 36.2. The van der Waals surface area contributed by atoms with Gasteiger partial charge in [0, 0.05) is 12.6 Å². The summed E-state index contributed by atoms with van der Waals surface area (Å²) in [4.78, 5) is 0. The lowest BCUT2D eigenvalue weighted by atomic mass is 9.92. The molecule has 0 radical (unpaired) electrons. The fourth-order valence-electron chi connectivity index (χ4n) is 2.81. The van der Waals surface area contributed by atoms with Crippen molar-refractivity contribution in [2.75, 3.05) is 13.2 Å². The maximum atomic E-state index is 9.81. The van der Waals surface area contributed by atoms with Crippen LogP contribution in [-0.2, 0) is 4.74 Å². The van der Waals surface area contributed by atoms with E-state index in [4.69, 9.17) is 4.74 Å². The minimum Gasteiger partial charge on any atom is -0.392 e. The molecule has 2 fully saturated rings. The summed E-state index contributed by atoms with van der Waals surface area (Å²) in [5, 5.41) is 13.3. The molecule has 1 aliphatic heterocycles. The zero-order valence-corrected chi connectivity index (χ0v) is 10.2. The summed E-state index contributed by atoms with van der Waals surface area (Å²) in [7, 11) is 0. The molecule has 3 nitrogen and oxygen atoms in total. The standard InChI is InChI=1S/C13H25NO2/c15-13-7-2-1-6-12(13)14-9-8-11-5-3-4-10-16-11/h11-15H,1-10H2/t11?,12-,13-/m1/s1. The first-order valence-electron chi connectivity index (χ1n) is 6.89. The summed E-state index contributed by atoms with van der Waals surface area (Å²) in [5.41, 5.74) is 0. The van der Waals surface area contributed by atoms with Crippen LogP contribution in [0.3, 0.4) is 0 Å². The highest BCUT2D eigenvalue weighted by molar-refractivity contribution is 4.80. The maximum Gasteiger partial charge on any atom is 0.0693 e. The Kier molecular flexibility index (Phi) is 5.07. The molecule has 2 aliphatic rings. The molecule has 1 unspecified atom stereocenters. The Hall–Kier alpha value is -0.120. The average molecular weight is 227 g/mol. The lowest BCUT2D eigenvalue weighted by Gasteiger charge is -2.29. The van der Waals surface area contributed by atoms with E-state index < -0.39 is 0 Å². The highest BCUT2D eigenvalue weighted by Gasteiger charge is 2.22. The van der Waals surface area contributed by atoms with Gasteiger partial charge in [0.2, 0.25) is 0 Å². The number of aliphatic hydroxyl groups excluding tert-OH is 1. The van der Waals surface area contributed by atoms with E-state index in [0.717, 1.165) is 32.4 Å². The Bertz CT molecular complexity index is 192. The largest absolute Gasteiger partial charge is 0.392 e. The minimum atomic E-state index is -0.124. The molecular weight excluding hydrogens is 202 g/mol. The van der Waals surface area contributed by atoms with Crippen molar-refractivity contribution >= 4 is 0 Å². The highest BCUT2D eigenvalue weighted by Crippen LogP contribution is 2.19. The average Bonchev–Trinajstić information content (AvgIpc) is 2.33. The monoisotopic (exact) mass is 227 g/mol. The summed E-state index contributed by atoms with van der Waals surface area (Å²) < 4.78 is 5.69. The molecule has 0 amide bonds. The molecule has 2 N–H and O–H groups in total. The van der Waals surface area contributed by atoms with Crippen molar-refractivity contribution in [1.82, 2.24) is 5.32 Å². The summed E-state index contributed by atoms with van der Waals surface area (Å²) >= 11 is 0. The summed E-state index contributed by atoms with van der Waals surface area (Å²) in [6, 6.07) is 0.331. The van der Waals surface area contributed by atoms with Crippen LogP contribution in [0.5, 0.6) is 0 Å². The van der Waals surface area contributed by atoms with Gasteiger partial charge in [-0.15, -0.1) is 0 Å². The van der Waals surface area contributed by atoms with Gasteiger partial charge in [-0.2, -0.15) is 0 Å². The first kappa shape index (κ1) is 12.3. The second-order valence-electron chi connectivity index (χ2n) is 5.19. The SMILES string of the molecule is O[C@@H]1CCCC[C@H]1NCCC1CCCCO1. The summed E-state index contributed by atoms with van der Waals surface area (Å²) in [6.45, 7) is 1.93. The molecular formula is C13H25NO2. The Morgan fingerprint density at radius 3 is 2.62 bits per heavy atom. The van der Waals surface area contributed by atoms with Crippen molar-refractivity contribution in [2.45, 2.75) is 69.6 Å². The van der Waals surface area contributed by atoms with Gasteiger partial charge < -0.3 is 15.2 Å². The second kappa shape index (κ2) is 6.58. The molecule has 2 rings (SSSR count). The predicted octanol–water partition coefficient (Wildman–Crippen LogP) is 1.84. The van der Waals surface area contributed by atoms with Crippen LogP contribution in [-0.4, -0.2) is 36.5 Å². The lowest BCUT2D eigenvalue weighted by molar-refractivity contribution is 0.00933. The molecule has 16 heavy (non-hydrogen) atoms. The van der Waals surface area contributed by atoms with Crippen LogP contribution in [0.15, 0.2) is 0 Å². The van der Waals surface area contributed by atoms with Crippen LogP contribution in [0.1, 0.15) is 51.4 Å². The number of aliphatic hydroxyl groups is 1. The van der Waals surface area contributed by atoms with E-state index in [0.29, 0.717) is 12.1 Å². The minimum absolute atomic E-state index is 0.124. The Balaban J connectivity index is 1.59. The smallest absolute Gasteiger partial charge is 0.0693 e. The van der Waals surface area contributed by atoms with Crippen molar-refractivity contribution in [3.05, 3.63) is 0 Å². The molecule has 0 aromatic heterocycles. The molecule has 0 spiro atoms. The van der Waals surface area contributed by atoms with E-state index in [9.17, 15) is 5.11 Å². The van der Waals surface area contributed by atoms with Crippen molar-refractivity contribution in [2.24, 2.45) is 0 Å². The van der Waals surface area contributed by atoms with Crippen LogP contribution in [0, 0.1) is 0 Å². The molecule has 1 heterocycles. The van der Waals surface area contributed by atoms with Crippen molar-refractivity contribution in [1.29, 1.82) is 0 Å². The Morgan fingerprint density at radius 1 is 1.06 bits per heavy atom. The van der Waals surface area contributed by atoms with E-state index in [-0.39, 0.29) is 6.10 Å². The van der Waals surface area contributed by atoms with Crippen molar-refractivity contribution < 1.29 is 9.84 Å². The van der Waals surface area contributed by atoms with Crippen LogP contribution in [0.25, 0.3) is 0 Å². The second-order valence-corrected chi connectivity index (χ2v) is 5.19. The van der Waals surface area contributed by atoms with E-state index >= 15 is 0 Å². The van der Waals surface area contributed by atoms with Gasteiger partial charge in [-0.25, -0.2) is 0 Å². The molecule has 94 valence electrons.